The lowest BCUT2D eigenvalue weighted by Crippen LogP contribution is -2.06. The average molecular weight is 361 g/mol. The van der Waals surface area contributed by atoms with Gasteiger partial charge in [0.1, 0.15) is 17.5 Å². The first-order valence-electron chi connectivity index (χ1n) is 8.78. The molecule has 1 heterocycles. The predicted molar refractivity (Wildman–Crippen MR) is 109 cm³/mol. The second-order valence-corrected chi connectivity index (χ2v) is 6.42. The van der Waals surface area contributed by atoms with Gasteiger partial charge in [-0.15, -0.1) is 0 Å². The fourth-order valence-electron chi connectivity index (χ4n) is 2.76. The largest absolute Gasteiger partial charge is 0.366 e. The van der Waals surface area contributed by atoms with Crippen molar-refractivity contribution >= 4 is 28.9 Å². The highest BCUT2D eigenvalue weighted by atomic mass is 16.1. The normalized spacial score (nSPS) is 10.3. The minimum Gasteiger partial charge on any atom is -0.366 e. The maximum Gasteiger partial charge on any atom is 0.221 e. The monoisotopic (exact) mass is 361 g/mol. The molecular weight excluding hydrogens is 338 g/mol. The van der Waals surface area contributed by atoms with E-state index in [0.29, 0.717) is 18.2 Å². The average Bonchev–Trinajstić information content (AvgIpc) is 2.59. The summed E-state index contributed by atoms with van der Waals surface area (Å²) >= 11 is 0. The third-order valence-electron chi connectivity index (χ3n) is 3.85. The Hall–Kier alpha value is -3.41. The molecule has 6 heteroatoms. The van der Waals surface area contributed by atoms with Crippen LogP contribution in [0.1, 0.15) is 23.9 Å². The van der Waals surface area contributed by atoms with Crippen LogP contribution in [0.25, 0.3) is 0 Å². The molecule has 138 valence electrons. The predicted octanol–water partition coefficient (Wildman–Crippen LogP) is 4.41. The summed E-state index contributed by atoms with van der Waals surface area (Å²) in [5.74, 6) is 2.01. The van der Waals surface area contributed by atoms with E-state index in [0.717, 1.165) is 17.2 Å². The lowest BCUT2D eigenvalue weighted by Gasteiger charge is -2.11. The number of hydrogen-bond acceptors (Lipinski definition) is 5. The van der Waals surface area contributed by atoms with Gasteiger partial charge in [0.25, 0.3) is 0 Å². The summed E-state index contributed by atoms with van der Waals surface area (Å²) in [7, 11) is 0. The number of aryl methyl sites for hydroxylation is 2. The quantitative estimate of drug-likeness (QED) is 0.606. The van der Waals surface area contributed by atoms with Crippen LogP contribution in [0, 0.1) is 13.8 Å². The minimum atomic E-state index is -0.104. The van der Waals surface area contributed by atoms with Gasteiger partial charge >= 0.3 is 0 Å². The minimum absolute atomic E-state index is 0.104. The molecule has 0 saturated carbocycles. The van der Waals surface area contributed by atoms with Crippen molar-refractivity contribution in [2.24, 2.45) is 0 Å². The van der Waals surface area contributed by atoms with Gasteiger partial charge in [0.2, 0.25) is 5.91 Å². The Kier molecular flexibility index (Phi) is 5.66. The number of aromatic nitrogens is 2. The Labute approximate surface area is 159 Å². The van der Waals surface area contributed by atoms with Gasteiger partial charge in [0.15, 0.2) is 0 Å². The summed E-state index contributed by atoms with van der Waals surface area (Å²) in [5.41, 5.74) is 4.00. The van der Waals surface area contributed by atoms with Gasteiger partial charge in [-0.2, -0.15) is 0 Å². The van der Waals surface area contributed by atoms with Crippen molar-refractivity contribution in [1.82, 2.24) is 9.97 Å². The summed E-state index contributed by atoms with van der Waals surface area (Å²) in [4.78, 5) is 20.1. The standard InChI is InChI=1S/C21H23N5O/c1-14-6-4-7-17(10-14)13-22-20-12-21(24-15(2)23-20)26-19-9-5-8-18(11-19)25-16(3)27/h4-12H,13H2,1-3H3,(H,25,27)(H2,22,23,24,26). The molecule has 2 aromatic carbocycles. The highest BCUT2D eigenvalue weighted by Crippen LogP contribution is 2.21. The van der Waals surface area contributed by atoms with Crippen molar-refractivity contribution in [2.45, 2.75) is 27.3 Å². The molecule has 0 unspecified atom stereocenters. The molecule has 6 nitrogen and oxygen atoms in total. The van der Waals surface area contributed by atoms with Gasteiger partial charge in [-0.1, -0.05) is 35.9 Å². The van der Waals surface area contributed by atoms with Gasteiger partial charge in [0.05, 0.1) is 0 Å². The second kappa shape index (κ2) is 8.31. The molecule has 0 spiro atoms. The zero-order valence-electron chi connectivity index (χ0n) is 15.7. The third kappa shape index (κ3) is 5.54. The van der Waals surface area contributed by atoms with E-state index in [2.05, 4.69) is 51.0 Å². The summed E-state index contributed by atoms with van der Waals surface area (Å²) in [6, 6.07) is 17.7. The fourth-order valence-corrected chi connectivity index (χ4v) is 2.76. The molecule has 27 heavy (non-hydrogen) atoms. The van der Waals surface area contributed by atoms with Gasteiger partial charge in [-0.25, -0.2) is 9.97 Å². The molecule has 0 bridgehead atoms. The Morgan fingerprint density at radius 1 is 0.926 bits per heavy atom. The molecule has 0 aliphatic heterocycles. The molecule has 1 amide bonds. The Bertz CT molecular complexity index is 955. The van der Waals surface area contributed by atoms with Crippen molar-refractivity contribution in [3.8, 4) is 0 Å². The molecule has 3 N–H and O–H groups in total. The zero-order chi connectivity index (χ0) is 19.2. The van der Waals surface area contributed by atoms with Crippen LogP contribution < -0.4 is 16.0 Å². The van der Waals surface area contributed by atoms with E-state index in [1.54, 1.807) is 0 Å². The van der Waals surface area contributed by atoms with E-state index >= 15 is 0 Å². The molecule has 3 aromatic rings. The molecule has 1 aromatic heterocycles. The highest BCUT2D eigenvalue weighted by molar-refractivity contribution is 5.89. The first-order valence-corrected chi connectivity index (χ1v) is 8.78. The van der Waals surface area contributed by atoms with E-state index in [4.69, 9.17) is 0 Å². The Morgan fingerprint density at radius 2 is 1.67 bits per heavy atom. The maximum atomic E-state index is 11.2. The molecule has 0 fully saturated rings. The summed E-state index contributed by atoms with van der Waals surface area (Å²) in [6.45, 7) is 6.11. The van der Waals surface area contributed by atoms with Crippen LogP contribution in [-0.4, -0.2) is 15.9 Å². The first kappa shape index (κ1) is 18.4. The van der Waals surface area contributed by atoms with Crippen molar-refractivity contribution in [2.75, 3.05) is 16.0 Å². The number of nitrogens with one attached hydrogen (secondary N) is 3. The molecular formula is C21H23N5O. The van der Waals surface area contributed by atoms with Crippen LogP contribution in [0.2, 0.25) is 0 Å². The van der Waals surface area contributed by atoms with E-state index in [9.17, 15) is 4.79 Å². The van der Waals surface area contributed by atoms with E-state index < -0.39 is 0 Å². The number of rotatable bonds is 6. The molecule has 0 radical (unpaired) electrons. The number of carbonyl (C=O) groups is 1. The maximum absolute atomic E-state index is 11.2. The van der Waals surface area contributed by atoms with Crippen LogP contribution in [-0.2, 0) is 11.3 Å². The van der Waals surface area contributed by atoms with Crippen LogP contribution >= 0.6 is 0 Å². The van der Waals surface area contributed by atoms with Crippen molar-refractivity contribution < 1.29 is 4.79 Å². The number of nitrogens with zero attached hydrogens (tertiary/aromatic N) is 2. The summed E-state index contributed by atoms with van der Waals surface area (Å²) in [5, 5.41) is 9.38. The van der Waals surface area contributed by atoms with E-state index in [1.807, 2.05) is 43.3 Å². The zero-order valence-corrected chi connectivity index (χ0v) is 15.7. The van der Waals surface area contributed by atoms with Crippen LogP contribution in [0.15, 0.2) is 54.6 Å². The SMILES string of the molecule is CC(=O)Nc1cccc(Nc2cc(NCc3cccc(C)c3)nc(C)n2)c1. The van der Waals surface area contributed by atoms with Crippen LogP contribution in [0.5, 0.6) is 0 Å². The lowest BCUT2D eigenvalue weighted by molar-refractivity contribution is -0.114. The number of hydrogen-bond donors (Lipinski definition) is 3. The number of benzene rings is 2. The van der Waals surface area contributed by atoms with Crippen molar-refractivity contribution in [3.05, 3.63) is 71.5 Å². The molecule has 0 aliphatic rings. The van der Waals surface area contributed by atoms with Crippen LogP contribution in [0.3, 0.4) is 0 Å². The summed E-state index contributed by atoms with van der Waals surface area (Å²) in [6.07, 6.45) is 0. The molecule has 0 atom stereocenters. The number of carbonyl (C=O) groups excluding carboxylic acids is 1. The molecule has 0 aliphatic carbocycles. The van der Waals surface area contributed by atoms with E-state index in [1.165, 1.54) is 18.1 Å². The lowest BCUT2D eigenvalue weighted by atomic mass is 10.1. The number of anilines is 4. The smallest absolute Gasteiger partial charge is 0.221 e. The topological polar surface area (TPSA) is 78.9 Å². The van der Waals surface area contributed by atoms with Crippen molar-refractivity contribution in [3.63, 3.8) is 0 Å². The van der Waals surface area contributed by atoms with Crippen molar-refractivity contribution in [1.29, 1.82) is 0 Å². The second-order valence-electron chi connectivity index (χ2n) is 6.42. The highest BCUT2D eigenvalue weighted by Gasteiger charge is 2.04. The van der Waals surface area contributed by atoms with Gasteiger partial charge in [-0.3, -0.25) is 4.79 Å². The third-order valence-corrected chi connectivity index (χ3v) is 3.85. The number of amides is 1. The van der Waals surface area contributed by atoms with Gasteiger partial charge in [0, 0.05) is 30.9 Å². The van der Waals surface area contributed by atoms with Gasteiger partial charge in [-0.05, 0) is 37.6 Å². The summed E-state index contributed by atoms with van der Waals surface area (Å²) < 4.78 is 0. The van der Waals surface area contributed by atoms with Crippen LogP contribution in [0.4, 0.5) is 23.0 Å². The molecule has 3 rings (SSSR count). The Balaban J connectivity index is 1.72. The molecule has 0 saturated heterocycles. The van der Waals surface area contributed by atoms with Gasteiger partial charge < -0.3 is 16.0 Å². The van der Waals surface area contributed by atoms with E-state index in [-0.39, 0.29) is 5.91 Å². The first-order chi connectivity index (χ1) is 13.0. The fraction of sp³-hybridized carbons (Fsp3) is 0.190. The Morgan fingerprint density at radius 3 is 2.44 bits per heavy atom.